The first-order valence-electron chi connectivity index (χ1n) is 9.98. The molecule has 156 valence electrons. The predicted octanol–water partition coefficient (Wildman–Crippen LogP) is 6.10. The van der Waals surface area contributed by atoms with Crippen LogP contribution in [0.2, 0.25) is 0 Å². The van der Waals surface area contributed by atoms with E-state index in [4.69, 9.17) is 11.0 Å². The maximum atomic E-state index is 9.28. The van der Waals surface area contributed by atoms with Crippen molar-refractivity contribution >= 4 is 50.5 Å². The fraction of sp³-hybridized carbons (Fsp3) is 0.250. The van der Waals surface area contributed by atoms with Gasteiger partial charge in [-0.3, -0.25) is 0 Å². The molecule has 0 spiro atoms. The topological polar surface area (TPSA) is 53.9 Å². The molecule has 4 aromatic rings. The van der Waals surface area contributed by atoms with E-state index in [-0.39, 0.29) is 12.0 Å². The van der Waals surface area contributed by atoms with Crippen molar-refractivity contribution in [3.05, 3.63) is 69.7 Å². The minimum atomic E-state index is -0.0993. The van der Waals surface area contributed by atoms with Gasteiger partial charge in [-0.1, -0.05) is 26.0 Å². The van der Waals surface area contributed by atoms with E-state index >= 15 is 0 Å². The third-order valence-corrected chi connectivity index (χ3v) is 8.24. The quantitative estimate of drug-likeness (QED) is 0.376. The van der Waals surface area contributed by atoms with E-state index in [9.17, 15) is 5.11 Å². The summed E-state index contributed by atoms with van der Waals surface area (Å²) in [5.41, 5.74) is 4.37. The van der Waals surface area contributed by atoms with Crippen LogP contribution in [0, 0.1) is 6.57 Å². The Hall–Kier alpha value is -2.92. The Balaban J connectivity index is 1.55. The molecule has 0 aliphatic heterocycles. The van der Waals surface area contributed by atoms with Gasteiger partial charge in [0.25, 0.3) is 0 Å². The Kier molecular flexibility index (Phi) is 4.74. The van der Waals surface area contributed by atoms with Crippen molar-refractivity contribution in [2.24, 2.45) is 0 Å². The average molecular weight is 448 g/mol. The molecule has 1 aromatic carbocycles. The molecular weight excluding hydrogens is 426 g/mol. The van der Waals surface area contributed by atoms with Crippen LogP contribution in [0.1, 0.15) is 35.7 Å². The molecule has 3 aromatic heterocycles. The van der Waals surface area contributed by atoms with E-state index in [1.807, 2.05) is 37.4 Å². The number of thiophene rings is 2. The fourth-order valence-electron chi connectivity index (χ4n) is 3.98. The van der Waals surface area contributed by atoms with Gasteiger partial charge in [0.1, 0.15) is 5.52 Å². The SMILES string of the molecule is [C-]#[N+]/C(=C\c1cc2c(s1)-c1sc(N(C)CCO)cc1C2(C)C)c1nc2ccccc2o1. The number of hydrogen-bond donors (Lipinski definition) is 1. The number of rotatable bonds is 5. The highest BCUT2D eigenvalue weighted by atomic mass is 32.1. The lowest BCUT2D eigenvalue weighted by Gasteiger charge is -2.20. The largest absolute Gasteiger partial charge is 0.447 e. The van der Waals surface area contributed by atoms with E-state index in [2.05, 4.69) is 40.7 Å². The summed E-state index contributed by atoms with van der Waals surface area (Å²) in [6.45, 7) is 12.9. The first-order chi connectivity index (χ1) is 14.9. The maximum Gasteiger partial charge on any atom is 0.249 e. The molecule has 5 nitrogen and oxygen atoms in total. The summed E-state index contributed by atoms with van der Waals surface area (Å²) >= 11 is 3.47. The second-order valence-electron chi connectivity index (χ2n) is 8.12. The fourth-order valence-corrected chi connectivity index (χ4v) is 6.70. The van der Waals surface area contributed by atoms with Crippen LogP contribution in [0.25, 0.3) is 37.5 Å². The highest BCUT2D eigenvalue weighted by Crippen LogP contribution is 2.57. The van der Waals surface area contributed by atoms with Crippen LogP contribution >= 0.6 is 22.7 Å². The summed E-state index contributed by atoms with van der Waals surface area (Å²) in [5.74, 6) is 0.355. The van der Waals surface area contributed by atoms with Crippen LogP contribution in [0.4, 0.5) is 5.00 Å². The normalized spacial score (nSPS) is 14.5. The Labute approximate surface area is 188 Å². The Morgan fingerprint density at radius 3 is 2.71 bits per heavy atom. The van der Waals surface area contributed by atoms with Gasteiger partial charge in [0.05, 0.1) is 23.1 Å². The number of aromatic nitrogens is 1. The standard InChI is InChI=1S/C24H21N3O2S2/c1-24(2)15-11-14(12-18(25-3)23-26-17-7-5-6-8-19(17)29-23)30-21(15)22-16(24)13-20(31-22)27(4)9-10-28/h5-8,11-13,28H,9-10H2,1-2,4H3/b18-12-. The molecule has 1 N–H and O–H groups in total. The minimum absolute atomic E-state index is 0.0993. The molecule has 1 aliphatic carbocycles. The van der Waals surface area contributed by atoms with Crippen LogP contribution in [0.3, 0.4) is 0 Å². The van der Waals surface area contributed by atoms with Crippen molar-refractivity contribution in [1.82, 2.24) is 4.98 Å². The van der Waals surface area contributed by atoms with E-state index in [0.717, 1.165) is 15.4 Å². The van der Waals surface area contributed by atoms with Crippen molar-refractivity contribution in [3.8, 4) is 9.75 Å². The van der Waals surface area contributed by atoms with Crippen molar-refractivity contribution in [3.63, 3.8) is 0 Å². The monoisotopic (exact) mass is 447 g/mol. The highest BCUT2D eigenvalue weighted by Gasteiger charge is 2.39. The van der Waals surface area contributed by atoms with Crippen LogP contribution in [-0.2, 0) is 5.41 Å². The number of anilines is 1. The molecule has 7 heteroatoms. The third kappa shape index (κ3) is 3.19. The van der Waals surface area contributed by atoms with Crippen LogP contribution in [-0.4, -0.2) is 30.3 Å². The first kappa shape index (κ1) is 20.0. The summed E-state index contributed by atoms with van der Waals surface area (Å²) in [7, 11) is 2.01. The van der Waals surface area contributed by atoms with Gasteiger partial charge in [-0.15, -0.1) is 22.7 Å². The number of likely N-dealkylation sites (N-methyl/N-ethyl adjacent to an activating group) is 1. The second-order valence-corrected chi connectivity index (χ2v) is 10.2. The maximum absolute atomic E-state index is 9.28. The number of nitrogens with zero attached hydrogens (tertiary/aromatic N) is 3. The molecule has 0 atom stereocenters. The van der Waals surface area contributed by atoms with Gasteiger partial charge < -0.3 is 14.4 Å². The lowest BCUT2D eigenvalue weighted by Crippen LogP contribution is -2.20. The molecule has 0 saturated carbocycles. The molecule has 5 rings (SSSR count). The summed E-state index contributed by atoms with van der Waals surface area (Å²) in [5, 5.41) is 10.4. The first-order valence-corrected chi connectivity index (χ1v) is 11.6. The minimum Gasteiger partial charge on any atom is -0.447 e. The van der Waals surface area contributed by atoms with Crippen molar-refractivity contribution in [2.75, 3.05) is 25.1 Å². The number of para-hydroxylation sites is 2. The Morgan fingerprint density at radius 2 is 1.97 bits per heavy atom. The number of aliphatic hydroxyl groups excluding tert-OH is 1. The molecule has 0 radical (unpaired) electrons. The van der Waals surface area contributed by atoms with Crippen molar-refractivity contribution in [1.29, 1.82) is 0 Å². The second kappa shape index (κ2) is 7.34. The summed E-state index contributed by atoms with van der Waals surface area (Å²) in [6, 6.07) is 12.0. The van der Waals surface area contributed by atoms with Gasteiger partial charge in [0.2, 0.25) is 11.6 Å². The Bertz CT molecular complexity index is 1330. The van der Waals surface area contributed by atoms with Gasteiger partial charge in [0.15, 0.2) is 5.58 Å². The number of hydrogen-bond acceptors (Lipinski definition) is 6. The van der Waals surface area contributed by atoms with Gasteiger partial charge in [-0.2, -0.15) is 0 Å². The van der Waals surface area contributed by atoms with Crippen LogP contribution in [0.15, 0.2) is 40.8 Å². The molecule has 0 amide bonds. The average Bonchev–Trinajstić information content (AvgIpc) is 3.49. The van der Waals surface area contributed by atoms with Gasteiger partial charge in [-0.25, -0.2) is 9.83 Å². The number of oxazole rings is 1. The summed E-state index contributed by atoms with van der Waals surface area (Å²) in [4.78, 5) is 13.8. The summed E-state index contributed by atoms with van der Waals surface area (Å²) in [6.07, 6.45) is 1.88. The molecular formula is C24H21N3O2S2. The van der Waals surface area contributed by atoms with Crippen molar-refractivity contribution in [2.45, 2.75) is 19.3 Å². The zero-order chi connectivity index (χ0) is 21.8. The third-order valence-electron chi connectivity index (χ3n) is 5.75. The molecule has 0 bridgehead atoms. The van der Waals surface area contributed by atoms with E-state index in [1.54, 1.807) is 22.7 Å². The molecule has 3 heterocycles. The molecule has 0 fully saturated rings. The van der Waals surface area contributed by atoms with Crippen LogP contribution < -0.4 is 4.90 Å². The molecule has 31 heavy (non-hydrogen) atoms. The van der Waals surface area contributed by atoms with E-state index in [0.29, 0.717) is 23.7 Å². The summed E-state index contributed by atoms with van der Waals surface area (Å²) < 4.78 is 5.81. The van der Waals surface area contributed by atoms with E-state index < -0.39 is 0 Å². The highest BCUT2D eigenvalue weighted by molar-refractivity contribution is 7.25. The zero-order valence-corrected chi connectivity index (χ0v) is 19.1. The number of fused-ring (bicyclic) bond motifs is 4. The predicted molar refractivity (Wildman–Crippen MR) is 129 cm³/mol. The van der Waals surface area contributed by atoms with Crippen molar-refractivity contribution < 1.29 is 9.52 Å². The van der Waals surface area contributed by atoms with Gasteiger partial charge >= 0.3 is 0 Å². The molecule has 1 aliphatic rings. The van der Waals surface area contributed by atoms with Crippen LogP contribution in [0.5, 0.6) is 0 Å². The van der Waals surface area contributed by atoms with E-state index in [1.165, 1.54) is 20.9 Å². The Morgan fingerprint density at radius 1 is 1.23 bits per heavy atom. The number of benzene rings is 1. The molecule has 0 saturated heterocycles. The number of aliphatic hydroxyl groups is 1. The molecule has 0 unspecified atom stereocenters. The smallest absolute Gasteiger partial charge is 0.249 e. The lowest BCUT2D eigenvalue weighted by atomic mass is 9.84. The zero-order valence-electron chi connectivity index (χ0n) is 17.5. The lowest BCUT2D eigenvalue weighted by molar-refractivity contribution is 0.304. The van der Waals surface area contributed by atoms with Gasteiger partial charge in [0, 0.05) is 28.8 Å². The van der Waals surface area contributed by atoms with Gasteiger partial charge in [-0.05, 0) is 41.5 Å².